The monoisotopic (exact) mass is 158 g/mol. The van der Waals surface area contributed by atoms with E-state index in [9.17, 15) is 4.39 Å². The highest BCUT2D eigenvalue weighted by Crippen LogP contribution is 2.23. The SMILES string of the molecule is OCC1=CCC(F)(CO)C=C1. The molecular weight excluding hydrogens is 147 g/mol. The van der Waals surface area contributed by atoms with Gasteiger partial charge in [0.1, 0.15) is 0 Å². The lowest BCUT2D eigenvalue weighted by molar-refractivity contribution is 0.115. The first-order valence-electron chi connectivity index (χ1n) is 3.49. The normalized spacial score (nSPS) is 30.3. The van der Waals surface area contributed by atoms with Gasteiger partial charge in [0.25, 0.3) is 0 Å². The minimum absolute atomic E-state index is 0.0714. The van der Waals surface area contributed by atoms with Crippen LogP contribution in [0.2, 0.25) is 0 Å². The lowest BCUT2D eigenvalue weighted by Crippen LogP contribution is -2.26. The Kier molecular flexibility index (Phi) is 2.42. The van der Waals surface area contributed by atoms with E-state index in [0.717, 1.165) is 0 Å². The van der Waals surface area contributed by atoms with Crippen LogP contribution in [0, 0.1) is 0 Å². The van der Waals surface area contributed by atoms with Gasteiger partial charge in [-0.3, -0.25) is 0 Å². The van der Waals surface area contributed by atoms with Crippen LogP contribution in [-0.4, -0.2) is 29.1 Å². The van der Waals surface area contributed by atoms with Crippen molar-refractivity contribution in [3.63, 3.8) is 0 Å². The van der Waals surface area contributed by atoms with Crippen molar-refractivity contribution in [1.29, 1.82) is 0 Å². The number of hydrogen-bond donors (Lipinski definition) is 2. The molecule has 0 aromatic carbocycles. The number of hydrogen-bond acceptors (Lipinski definition) is 2. The zero-order chi connectivity index (χ0) is 8.32. The number of aliphatic hydroxyl groups excluding tert-OH is 2. The Labute approximate surface area is 64.7 Å². The summed E-state index contributed by atoms with van der Waals surface area (Å²) in [5, 5.41) is 17.2. The second kappa shape index (κ2) is 3.15. The van der Waals surface area contributed by atoms with Crippen LogP contribution < -0.4 is 0 Å². The van der Waals surface area contributed by atoms with E-state index in [-0.39, 0.29) is 13.0 Å². The summed E-state index contributed by atoms with van der Waals surface area (Å²) in [5.41, 5.74) is -0.912. The van der Waals surface area contributed by atoms with E-state index < -0.39 is 12.3 Å². The van der Waals surface area contributed by atoms with Crippen LogP contribution >= 0.6 is 0 Å². The molecule has 0 bridgehead atoms. The average molecular weight is 158 g/mol. The predicted octanol–water partition coefficient (Wildman–Crippen LogP) is 0.566. The van der Waals surface area contributed by atoms with Gasteiger partial charge in [-0.15, -0.1) is 0 Å². The van der Waals surface area contributed by atoms with E-state index in [1.54, 1.807) is 6.08 Å². The summed E-state index contributed by atoms with van der Waals surface area (Å²) in [6.07, 6.45) is 4.53. The molecule has 1 atom stereocenters. The summed E-state index contributed by atoms with van der Waals surface area (Å²) in [7, 11) is 0. The van der Waals surface area contributed by atoms with Gasteiger partial charge in [0.2, 0.25) is 0 Å². The summed E-state index contributed by atoms with van der Waals surface area (Å²) in [4.78, 5) is 0. The van der Waals surface area contributed by atoms with Crippen LogP contribution in [0.5, 0.6) is 0 Å². The fraction of sp³-hybridized carbons (Fsp3) is 0.500. The van der Waals surface area contributed by atoms with E-state index in [0.29, 0.717) is 5.57 Å². The van der Waals surface area contributed by atoms with Gasteiger partial charge in [0.15, 0.2) is 5.67 Å². The Morgan fingerprint density at radius 2 is 2.27 bits per heavy atom. The molecule has 0 aromatic rings. The minimum Gasteiger partial charge on any atom is -0.393 e. The Bertz CT molecular complexity index is 198. The predicted molar refractivity (Wildman–Crippen MR) is 39.9 cm³/mol. The Morgan fingerprint density at radius 3 is 2.64 bits per heavy atom. The molecule has 0 radical (unpaired) electrons. The molecule has 0 fully saturated rings. The van der Waals surface area contributed by atoms with Gasteiger partial charge < -0.3 is 10.2 Å². The number of rotatable bonds is 2. The van der Waals surface area contributed by atoms with Crippen LogP contribution in [0.1, 0.15) is 6.42 Å². The molecule has 0 spiro atoms. The highest BCUT2D eigenvalue weighted by atomic mass is 19.1. The van der Waals surface area contributed by atoms with Gasteiger partial charge >= 0.3 is 0 Å². The molecule has 3 heteroatoms. The molecule has 0 heterocycles. The van der Waals surface area contributed by atoms with Crippen LogP contribution in [0.4, 0.5) is 4.39 Å². The number of alkyl halides is 1. The maximum absolute atomic E-state index is 13.1. The number of halogens is 1. The van der Waals surface area contributed by atoms with Gasteiger partial charge in [-0.05, 0) is 11.6 Å². The smallest absolute Gasteiger partial charge is 0.155 e. The highest BCUT2D eigenvalue weighted by Gasteiger charge is 2.25. The van der Waals surface area contributed by atoms with E-state index in [2.05, 4.69) is 0 Å². The Balaban J connectivity index is 2.63. The standard InChI is InChI=1S/C8H11FO2/c9-8(6-11)3-1-7(5-10)2-4-8/h1-3,10-11H,4-6H2. The van der Waals surface area contributed by atoms with Crippen molar-refractivity contribution in [2.45, 2.75) is 12.1 Å². The van der Waals surface area contributed by atoms with E-state index >= 15 is 0 Å². The van der Waals surface area contributed by atoms with Crippen LogP contribution in [0.3, 0.4) is 0 Å². The molecule has 0 saturated carbocycles. The quantitative estimate of drug-likeness (QED) is 0.616. The van der Waals surface area contributed by atoms with Gasteiger partial charge in [-0.25, -0.2) is 4.39 Å². The third-order valence-electron chi connectivity index (χ3n) is 1.75. The van der Waals surface area contributed by atoms with Crippen molar-refractivity contribution in [2.75, 3.05) is 13.2 Å². The fourth-order valence-corrected chi connectivity index (χ4v) is 0.928. The topological polar surface area (TPSA) is 40.5 Å². The molecular formula is C8H11FO2. The van der Waals surface area contributed by atoms with E-state index in [1.807, 2.05) is 0 Å². The van der Waals surface area contributed by atoms with E-state index in [1.165, 1.54) is 12.2 Å². The number of allylic oxidation sites excluding steroid dienone is 1. The summed E-state index contributed by atoms with van der Waals surface area (Å²) < 4.78 is 13.1. The van der Waals surface area contributed by atoms with Crippen LogP contribution in [0.15, 0.2) is 23.8 Å². The van der Waals surface area contributed by atoms with Crippen molar-refractivity contribution >= 4 is 0 Å². The van der Waals surface area contributed by atoms with Crippen LogP contribution in [0.25, 0.3) is 0 Å². The van der Waals surface area contributed by atoms with Crippen molar-refractivity contribution in [1.82, 2.24) is 0 Å². The lowest BCUT2D eigenvalue weighted by Gasteiger charge is -2.20. The molecule has 2 N–H and O–H groups in total. The molecule has 0 aliphatic heterocycles. The molecule has 0 amide bonds. The zero-order valence-electron chi connectivity index (χ0n) is 6.13. The summed E-state index contributed by atoms with van der Waals surface area (Å²) >= 11 is 0. The van der Waals surface area contributed by atoms with Gasteiger partial charge in [-0.2, -0.15) is 0 Å². The second-order valence-electron chi connectivity index (χ2n) is 2.67. The molecule has 2 nitrogen and oxygen atoms in total. The highest BCUT2D eigenvalue weighted by molar-refractivity contribution is 5.28. The first kappa shape index (κ1) is 8.43. The molecule has 1 rings (SSSR count). The fourth-order valence-electron chi connectivity index (χ4n) is 0.928. The minimum atomic E-state index is -1.61. The molecule has 11 heavy (non-hydrogen) atoms. The third-order valence-corrected chi connectivity index (χ3v) is 1.75. The molecule has 62 valence electrons. The summed E-state index contributed by atoms with van der Waals surface area (Å²) in [6.45, 7) is -0.573. The number of aliphatic hydroxyl groups is 2. The first-order chi connectivity index (χ1) is 5.20. The van der Waals surface area contributed by atoms with Crippen molar-refractivity contribution in [2.24, 2.45) is 0 Å². The van der Waals surface area contributed by atoms with Gasteiger partial charge in [-0.1, -0.05) is 12.2 Å². The summed E-state index contributed by atoms with van der Waals surface area (Å²) in [5.74, 6) is 0. The zero-order valence-corrected chi connectivity index (χ0v) is 6.13. The van der Waals surface area contributed by atoms with Crippen LogP contribution in [-0.2, 0) is 0 Å². The third kappa shape index (κ3) is 1.88. The Morgan fingerprint density at radius 1 is 1.55 bits per heavy atom. The lowest BCUT2D eigenvalue weighted by atomic mass is 9.95. The van der Waals surface area contributed by atoms with Gasteiger partial charge in [0, 0.05) is 6.42 Å². The molecule has 1 aliphatic carbocycles. The largest absolute Gasteiger partial charge is 0.393 e. The van der Waals surface area contributed by atoms with Crippen molar-refractivity contribution in [3.05, 3.63) is 23.8 Å². The average Bonchev–Trinajstić information content (AvgIpc) is 2.06. The maximum Gasteiger partial charge on any atom is 0.155 e. The molecule has 0 saturated heterocycles. The maximum atomic E-state index is 13.1. The van der Waals surface area contributed by atoms with Crippen molar-refractivity contribution in [3.8, 4) is 0 Å². The van der Waals surface area contributed by atoms with E-state index in [4.69, 9.17) is 10.2 Å². The first-order valence-corrected chi connectivity index (χ1v) is 3.49. The molecule has 0 aromatic heterocycles. The van der Waals surface area contributed by atoms with Gasteiger partial charge in [0.05, 0.1) is 13.2 Å². The van der Waals surface area contributed by atoms with Crippen molar-refractivity contribution < 1.29 is 14.6 Å². The molecule has 1 unspecified atom stereocenters. The second-order valence-corrected chi connectivity index (χ2v) is 2.67. The summed E-state index contributed by atoms with van der Waals surface area (Å²) in [6, 6.07) is 0. The molecule has 1 aliphatic rings. The Hall–Kier alpha value is -0.670.